The fraction of sp³-hybridized carbons (Fsp3) is 0.778. The molecule has 0 saturated heterocycles. The highest BCUT2D eigenvalue weighted by Gasteiger charge is 2.17. The lowest BCUT2D eigenvalue weighted by Gasteiger charge is -2.24. The first kappa shape index (κ1) is 12.9. The summed E-state index contributed by atoms with van der Waals surface area (Å²) < 4.78 is 0. The highest BCUT2D eigenvalue weighted by Crippen LogP contribution is 2.05. The normalized spacial score (nSPS) is 10.9. The second-order valence-electron chi connectivity index (χ2n) is 3.77. The van der Waals surface area contributed by atoms with Crippen LogP contribution < -0.4 is 16.4 Å². The molecule has 4 N–H and O–H groups in total. The molecule has 5 nitrogen and oxygen atoms in total. The minimum absolute atomic E-state index is 0.0144. The number of nitrogens with one attached hydrogen (secondary N) is 2. The summed E-state index contributed by atoms with van der Waals surface area (Å²) >= 11 is 0. The molecule has 82 valence electrons. The fourth-order valence-electron chi connectivity index (χ4n) is 0.761. The molecule has 0 unspecified atom stereocenters. The molecule has 2 amide bonds. The van der Waals surface area contributed by atoms with Crippen molar-refractivity contribution in [2.75, 3.05) is 13.1 Å². The Morgan fingerprint density at radius 2 is 1.86 bits per heavy atom. The third-order valence-electron chi connectivity index (χ3n) is 1.99. The second-order valence-corrected chi connectivity index (χ2v) is 3.77. The SMILES string of the molecule is CCC(C)(C)NC(=O)CNC(=O)CN. The first-order chi connectivity index (χ1) is 6.41. The van der Waals surface area contributed by atoms with Gasteiger partial charge in [0.1, 0.15) is 0 Å². The first-order valence-corrected chi connectivity index (χ1v) is 4.69. The van der Waals surface area contributed by atoms with Crippen molar-refractivity contribution >= 4 is 11.8 Å². The number of amides is 2. The summed E-state index contributed by atoms with van der Waals surface area (Å²) in [5, 5.41) is 5.19. The van der Waals surface area contributed by atoms with Crippen molar-refractivity contribution in [2.45, 2.75) is 32.7 Å². The number of carbonyl (C=O) groups is 2. The van der Waals surface area contributed by atoms with Crippen LogP contribution in [0.5, 0.6) is 0 Å². The van der Waals surface area contributed by atoms with Gasteiger partial charge in [0.25, 0.3) is 0 Å². The molecule has 0 atom stereocenters. The summed E-state index contributed by atoms with van der Waals surface area (Å²) in [6.45, 7) is 5.73. The van der Waals surface area contributed by atoms with Gasteiger partial charge in [0.05, 0.1) is 13.1 Å². The van der Waals surface area contributed by atoms with Crippen molar-refractivity contribution in [2.24, 2.45) is 5.73 Å². The monoisotopic (exact) mass is 201 g/mol. The molecule has 0 aliphatic carbocycles. The first-order valence-electron chi connectivity index (χ1n) is 4.69. The van der Waals surface area contributed by atoms with E-state index >= 15 is 0 Å². The van der Waals surface area contributed by atoms with E-state index in [2.05, 4.69) is 10.6 Å². The average Bonchev–Trinajstić information content (AvgIpc) is 2.13. The quantitative estimate of drug-likeness (QED) is 0.553. The Morgan fingerprint density at radius 1 is 1.29 bits per heavy atom. The van der Waals surface area contributed by atoms with Crippen molar-refractivity contribution in [1.82, 2.24) is 10.6 Å². The Bertz CT molecular complexity index is 214. The Morgan fingerprint density at radius 3 is 2.29 bits per heavy atom. The van der Waals surface area contributed by atoms with Crippen LogP contribution in [0.3, 0.4) is 0 Å². The molecule has 5 heteroatoms. The van der Waals surface area contributed by atoms with Gasteiger partial charge in [-0.05, 0) is 20.3 Å². The van der Waals surface area contributed by atoms with Crippen LogP contribution in [0.4, 0.5) is 0 Å². The minimum atomic E-state index is -0.325. The van der Waals surface area contributed by atoms with Crippen LogP contribution in [0, 0.1) is 0 Å². The van der Waals surface area contributed by atoms with Crippen molar-refractivity contribution < 1.29 is 9.59 Å². The maximum Gasteiger partial charge on any atom is 0.239 e. The van der Waals surface area contributed by atoms with Crippen LogP contribution in [0.25, 0.3) is 0 Å². The van der Waals surface area contributed by atoms with E-state index in [1.165, 1.54) is 0 Å². The predicted octanol–water partition coefficient (Wildman–Crippen LogP) is -0.634. The molecule has 0 fully saturated rings. The van der Waals surface area contributed by atoms with E-state index in [0.717, 1.165) is 6.42 Å². The van der Waals surface area contributed by atoms with Gasteiger partial charge in [-0.2, -0.15) is 0 Å². The molecule has 0 spiro atoms. The van der Waals surface area contributed by atoms with Crippen LogP contribution in [0.1, 0.15) is 27.2 Å². The lowest BCUT2D eigenvalue weighted by Crippen LogP contribution is -2.47. The van der Waals surface area contributed by atoms with Crippen LogP contribution in [-0.4, -0.2) is 30.4 Å². The summed E-state index contributed by atoms with van der Waals surface area (Å²) in [4.78, 5) is 22.0. The van der Waals surface area contributed by atoms with E-state index in [-0.39, 0.29) is 30.4 Å². The Balaban J connectivity index is 3.82. The van der Waals surface area contributed by atoms with E-state index in [9.17, 15) is 9.59 Å². The molecule has 0 aliphatic rings. The number of hydrogen-bond acceptors (Lipinski definition) is 3. The summed E-state index contributed by atoms with van der Waals surface area (Å²) in [6, 6.07) is 0. The van der Waals surface area contributed by atoms with Crippen molar-refractivity contribution in [1.29, 1.82) is 0 Å². The van der Waals surface area contributed by atoms with Gasteiger partial charge in [0.2, 0.25) is 11.8 Å². The Labute approximate surface area is 84.4 Å². The van der Waals surface area contributed by atoms with Gasteiger partial charge in [-0.1, -0.05) is 6.92 Å². The molecule has 0 aromatic rings. The van der Waals surface area contributed by atoms with Crippen molar-refractivity contribution in [3.8, 4) is 0 Å². The lowest BCUT2D eigenvalue weighted by molar-refractivity contribution is -0.126. The molecule has 0 aromatic carbocycles. The third kappa shape index (κ3) is 5.53. The molecule has 0 heterocycles. The van der Waals surface area contributed by atoms with E-state index in [0.29, 0.717) is 0 Å². The lowest BCUT2D eigenvalue weighted by atomic mass is 10.0. The van der Waals surface area contributed by atoms with Gasteiger partial charge in [-0.3, -0.25) is 9.59 Å². The van der Waals surface area contributed by atoms with E-state index in [4.69, 9.17) is 5.73 Å². The van der Waals surface area contributed by atoms with E-state index in [1.807, 2.05) is 20.8 Å². The summed E-state index contributed by atoms with van der Waals surface area (Å²) in [7, 11) is 0. The van der Waals surface area contributed by atoms with Crippen LogP contribution in [-0.2, 0) is 9.59 Å². The number of carbonyl (C=O) groups excluding carboxylic acids is 2. The third-order valence-corrected chi connectivity index (χ3v) is 1.99. The fourth-order valence-corrected chi connectivity index (χ4v) is 0.761. The highest BCUT2D eigenvalue weighted by atomic mass is 16.2. The summed E-state index contributed by atoms with van der Waals surface area (Å²) in [5.41, 5.74) is 4.84. The molecule has 0 rings (SSSR count). The van der Waals surface area contributed by atoms with Crippen LogP contribution >= 0.6 is 0 Å². The van der Waals surface area contributed by atoms with Crippen LogP contribution in [0.15, 0.2) is 0 Å². The molecule has 0 bridgehead atoms. The van der Waals surface area contributed by atoms with Gasteiger partial charge in [0, 0.05) is 5.54 Å². The molecule has 0 radical (unpaired) electrons. The molecular weight excluding hydrogens is 182 g/mol. The smallest absolute Gasteiger partial charge is 0.239 e. The zero-order valence-electron chi connectivity index (χ0n) is 9.02. The van der Waals surface area contributed by atoms with Gasteiger partial charge in [-0.15, -0.1) is 0 Å². The predicted molar refractivity (Wildman–Crippen MR) is 54.6 cm³/mol. The largest absolute Gasteiger partial charge is 0.350 e. The Hall–Kier alpha value is -1.10. The zero-order valence-corrected chi connectivity index (χ0v) is 9.02. The maximum atomic E-state index is 11.3. The molecule has 14 heavy (non-hydrogen) atoms. The average molecular weight is 201 g/mol. The van der Waals surface area contributed by atoms with Gasteiger partial charge >= 0.3 is 0 Å². The highest BCUT2D eigenvalue weighted by molar-refractivity contribution is 5.85. The summed E-state index contributed by atoms with van der Waals surface area (Å²) in [6.07, 6.45) is 0.837. The van der Waals surface area contributed by atoms with Gasteiger partial charge in [-0.25, -0.2) is 0 Å². The minimum Gasteiger partial charge on any atom is -0.350 e. The molecule has 0 saturated carbocycles. The van der Waals surface area contributed by atoms with Gasteiger partial charge in [0.15, 0.2) is 0 Å². The van der Waals surface area contributed by atoms with Crippen molar-refractivity contribution in [3.05, 3.63) is 0 Å². The van der Waals surface area contributed by atoms with Gasteiger partial charge < -0.3 is 16.4 Å². The molecule has 0 aromatic heterocycles. The number of rotatable bonds is 5. The molecule has 0 aliphatic heterocycles. The Kier molecular flexibility index (Phi) is 5.15. The molecular formula is C9H19N3O2. The second kappa shape index (κ2) is 5.59. The van der Waals surface area contributed by atoms with Crippen LogP contribution in [0.2, 0.25) is 0 Å². The van der Waals surface area contributed by atoms with E-state index < -0.39 is 0 Å². The van der Waals surface area contributed by atoms with Crippen molar-refractivity contribution in [3.63, 3.8) is 0 Å². The van der Waals surface area contributed by atoms with E-state index in [1.54, 1.807) is 0 Å². The standard InChI is InChI=1S/C9H19N3O2/c1-4-9(2,3)12-8(14)6-11-7(13)5-10/h4-6,10H2,1-3H3,(H,11,13)(H,12,14). The zero-order chi connectivity index (χ0) is 11.2. The number of hydrogen-bond donors (Lipinski definition) is 3. The summed E-state index contributed by atoms with van der Waals surface area (Å²) in [5.74, 6) is -0.520. The maximum absolute atomic E-state index is 11.3. The number of nitrogens with two attached hydrogens (primary N) is 1. The topological polar surface area (TPSA) is 84.2 Å².